The third kappa shape index (κ3) is 2.82. The van der Waals surface area contributed by atoms with Crippen molar-refractivity contribution in [1.82, 2.24) is 15.1 Å². The Hall–Kier alpha value is -1.36. The molecule has 1 amide bonds. The molecule has 2 N–H and O–H groups in total. The van der Waals surface area contributed by atoms with Gasteiger partial charge in [0.1, 0.15) is 6.54 Å². The Morgan fingerprint density at radius 1 is 1.50 bits per heavy atom. The number of nitrogens with zero attached hydrogens (tertiary/aromatic N) is 2. The minimum absolute atomic E-state index is 0.0863. The molecule has 5 nitrogen and oxygen atoms in total. The lowest BCUT2D eigenvalue weighted by Crippen LogP contribution is -2.46. The van der Waals surface area contributed by atoms with Crippen LogP contribution in [-0.4, -0.2) is 32.9 Å². The fourth-order valence-electron chi connectivity index (χ4n) is 2.07. The molecule has 5 heteroatoms. The Balaban J connectivity index is 1.82. The predicted molar refractivity (Wildman–Crippen MR) is 58.6 cm³/mol. The maximum Gasteiger partial charge on any atom is 0.242 e. The molecule has 0 spiro atoms. The number of rotatable bonds is 3. The Morgan fingerprint density at radius 2 is 2.31 bits per heavy atom. The third-order valence-electron chi connectivity index (χ3n) is 2.94. The molecule has 0 aliphatic heterocycles. The fourth-order valence-corrected chi connectivity index (χ4v) is 2.07. The van der Waals surface area contributed by atoms with Crippen LogP contribution in [0.1, 0.15) is 25.7 Å². The van der Waals surface area contributed by atoms with Gasteiger partial charge in [-0.05, 0) is 18.9 Å². The number of aliphatic hydroxyl groups is 1. The highest BCUT2D eigenvalue weighted by molar-refractivity contribution is 5.76. The minimum atomic E-state index is -0.393. The first kappa shape index (κ1) is 11.1. The average molecular weight is 223 g/mol. The second kappa shape index (κ2) is 5.12. The van der Waals surface area contributed by atoms with E-state index in [2.05, 4.69) is 10.4 Å². The van der Waals surface area contributed by atoms with Crippen LogP contribution in [0.2, 0.25) is 0 Å². The summed E-state index contributed by atoms with van der Waals surface area (Å²) < 4.78 is 1.57. The minimum Gasteiger partial charge on any atom is -0.391 e. The second-order valence-corrected chi connectivity index (χ2v) is 4.23. The summed E-state index contributed by atoms with van der Waals surface area (Å²) in [7, 11) is 0. The fraction of sp³-hybridized carbons (Fsp3) is 0.636. The van der Waals surface area contributed by atoms with E-state index in [1.165, 1.54) is 0 Å². The molecule has 0 saturated heterocycles. The first-order valence-corrected chi connectivity index (χ1v) is 5.70. The maximum atomic E-state index is 11.6. The zero-order chi connectivity index (χ0) is 11.4. The molecule has 88 valence electrons. The molecular formula is C11H17N3O2. The van der Waals surface area contributed by atoms with E-state index in [1.807, 2.05) is 0 Å². The van der Waals surface area contributed by atoms with E-state index < -0.39 is 6.10 Å². The lowest BCUT2D eigenvalue weighted by Gasteiger charge is -2.28. The van der Waals surface area contributed by atoms with Gasteiger partial charge in [-0.25, -0.2) is 0 Å². The maximum absolute atomic E-state index is 11.6. The monoisotopic (exact) mass is 223 g/mol. The lowest BCUT2D eigenvalue weighted by atomic mass is 9.92. The molecule has 0 bridgehead atoms. The number of aromatic nitrogens is 2. The molecule has 1 saturated carbocycles. The van der Waals surface area contributed by atoms with Gasteiger partial charge in [-0.1, -0.05) is 12.8 Å². The second-order valence-electron chi connectivity index (χ2n) is 4.23. The van der Waals surface area contributed by atoms with Crippen LogP contribution in [-0.2, 0) is 11.3 Å². The van der Waals surface area contributed by atoms with Gasteiger partial charge in [-0.2, -0.15) is 5.10 Å². The van der Waals surface area contributed by atoms with Crippen molar-refractivity contribution in [3.8, 4) is 0 Å². The van der Waals surface area contributed by atoms with Crippen molar-refractivity contribution in [3.05, 3.63) is 18.5 Å². The van der Waals surface area contributed by atoms with Crippen LogP contribution in [0, 0.1) is 0 Å². The number of amides is 1. The summed E-state index contributed by atoms with van der Waals surface area (Å²) in [6.07, 6.45) is 6.77. The van der Waals surface area contributed by atoms with Gasteiger partial charge >= 0.3 is 0 Å². The topological polar surface area (TPSA) is 67.2 Å². The highest BCUT2D eigenvalue weighted by Gasteiger charge is 2.24. The van der Waals surface area contributed by atoms with Crippen LogP contribution in [0.4, 0.5) is 0 Å². The summed E-state index contributed by atoms with van der Waals surface area (Å²) in [6, 6.07) is 1.69. The van der Waals surface area contributed by atoms with Crippen LogP contribution < -0.4 is 5.32 Å². The zero-order valence-electron chi connectivity index (χ0n) is 9.17. The van der Waals surface area contributed by atoms with E-state index in [4.69, 9.17) is 0 Å². The highest BCUT2D eigenvalue weighted by Crippen LogP contribution is 2.18. The quantitative estimate of drug-likeness (QED) is 0.774. The van der Waals surface area contributed by atoms with Gasteiger partial charge in [0.25, 0.3) is 0 Å². The van der Waals surface area contributed by atoms with Crippen molar-refractivity contribution in [3.63, 3.8) is 0 Å². The van der Waals surface area contributed by atoms with E-state index in [0.717, 1.165) is 25.7 Å². The molecule has 1 fully saturated rings. The number of carbonyl (C=O) groups excluding carboxylic acids is 1. The van der Waals surface area contributed by atoms with E-state index >= 15 is 0 Å². The van der Waals surface area contributed by atoms with Crippen LogP contribution in [0.15, 0.2) is 18.5 Å². The Labute approximate surface area is 94.5 Å². The third-order valence-corrected chi connectivity index (χ3v) is 2.94. The highest BCUT2D eigenvalue weighted by atomic mass is 16.3. The molecule has 16 heavy (non-hydrogen) atoms. The first-order valence-electron chi connectivity index (χ1n) is 5.70. The summed E-state index contributed by atoms with van der Waals surface area (Å²) in [6.45, 7) is 0.218. The summed E-state index contributed by atoms with van der Waals surface area (Å²) in [4.78, 5) is 11.6. The van der Waals surface area contributed by atoms with Crippen molar-refractivity contribution >= 4 is 5.91 Å². The van der Waals surface area contributed by atoms with Gasteiger partial charge in [-0.3, -0.25) is 9.48 Å². The molecule has 0 unspecified atom stereocenters. The van der Waals surface area contributed by atoms with Gasteiger partial charge in [0.2, 0.25) is 5.91 Å². The van der Waals surface area contributed by atoms with Gasteiger partial charge in [0, 0.05) is 12.4 Å². The summed E-state index contributed by atoms with van der Waals surface area (Å²) >= 11 is 0. The Kier molecular flexibility index (Phi) is 3.56. The molecular weight excluding hydrogens is 206 g/mol. The molecule has 2 rings (SSSR count). The Morgan fingerprint density at radius 3 is 3.00 bits per heavy atom. The van der Waals surface area contributed by atoms with Crippen molar-refractivity contribution in [1.29, 1.82) is 0 Å². The largest absolute Gasteiger partial charge is 0.391 e. The van der Waals surface area contributed by atoms with Crippen LogP contribution >= 0.6 is 0 Å². The zero-order valence-corrected chi connectivity index (χ0v) is 9.17. The van der Waals surface area contributed by atoms with E-state index in [0.29, 0.717) is 0 Å². The lowest BCUT2D eigenvalue weighted by molar-refractivity contribution is -0.123. The van der Waals surface area contributed by atoms with Crippen molar-refractivity contribution in [2.45, 2.75) is 44.4 Å². The molecule has 1 aromatic heterocycles. The SMILES string of the molecule is O=C(Cn1cccn1)N[C@@H]1CCCC[C@H]1O. The van der Waals surface area contributed by atoms with Gasteiger partial charge in [0.15, 0.2) is 0 Å². The molecule has 2 atom stereocenters. The smallest absolute Gasteiger partial charge is 0.242 e. The summed E-state index contributed by atoms with van der Waals surface area (Å²) in [5.74, 6) is -0.0883. The van der Waals surface area contributed by atoms with Gasteiger partial charge in [-0.15, -0.1) is 0 Å². The standard InChI is InChI=1S/C11H17N3O2/c15-10-5-2-1-4-9(10)13-11(16)8-14-7-3-6-12-14/h3,6-7,9-10,15H,1-2,4-5,8H2,(H,13,16)/t9-,10-/m1/s1. The molecule has 1 aliphatic rings. The Bertz CT molecular complexity index is 337. The van der Waals surface area contributed by atoms with E-state index in [-0.39, 0.29) is 18.5 Å². The van der Waals surface area contributed by atoms with Crippen LogP contribution in [0.5, 0.6) is 0 Å². The predicted octanol–water partition coefficient (Wildman–Crippen LogP) is 0.303. The van der Waals surface area contributed by atoms with Gasteiger partial charge in [0.05, 0.1) is 12.1 Å². The molecule has 1 heterocycles. The first-order chi connectivity index (χ1) is 7.75. The summed E-state index contributed by atoms with van der Waals surface area (Å²) in [5.41, 5.74) is 0. The van der Waals surface area contributed by atoms with E-state index in [9.17, 15) is 9.90 Å². The average Bonchev–Trinajstić information content (AvgIpc) is 2.74. The van der Waals surface area contributed by atoms with Crippen LogP contribution in [0.3, 0.4) is 0 Å². The molecule has 0 aromatic carbocycles. The van der Waals surface area contributed by atoms with Crippen molar-refractivity contribution in [2.75, 3.05) is 0 Å². The normalized spacial score (nSPS) is 25.3. The number of aliphatic hydroxyl groups excluding tert-OH is 1. The van der Waals surface area contributed by atoms with Gasteiger partial charge < -0.3 is 10.4 Å². The number of nitrogens with one attached hydrogen (secondary N) is 1. The number of carbonyl (C=O) groups is 1. The molecule has 0 radical (unpaired) electrons. The molecule has 1 aliphatic carbocycles. The summed E-state index contributed by atoms with van der Waals surface area (Å²) in [5, 5.41) is 16.5. The van der Waals surface area contributed by atoms with Crippen molar-refractivity contribution < 1.29 is 9.90 Å². The number of hydrogen-bond donors (Lipinski definition) is 2. The van der Waals surface area contributed by atoms with E-state index in [1.54, 1.807) is 23.1 Å². The van der Waals surface area contributed by atoms with Crippen molar-refractivity contribution in [2.24, 2.45) is 0 Å². The number of hydrogen-bond acceptors (Lipinski definition) is 3. The van der Waals surface area contributed by atoms with Crippen LogP contribution in [0.25, 0.3) is 0 Å². The molecule has 1 aromatic rings.